The molecule has 0 saturated carbocycles. The summed E-state index contributed by atoms with van der Waals surface area (Å²) in [6, 6.07) is 0. The summed E-state index contributed by atoms with van der Waals surface area (Å²) in [5, 5.41) is 0. The average molecular weight is 256 g/mol. The topological polar surface area (TPSA) is 52.6 Å². The second kappa shape index (κ2) is 7.69. The minimum absolute atomic E-state index is 0.252. The molecule has 0 fully saturated rings. The van der Waals surface area contributed by atoms with E-state index in [1.54, 1.807) is 41.5 Å². The van der Waals surface area contributed by atoms with Crippen LogP contribution in [0.4, 0.5) is 0 Å². The molecular formula is C14H24O4. The highest BCUT2D eigenvalue weighted by Crippen LogP contribution is 2.15. The Morgan fingerprint density at radius 3 is 1.06 bits per heavy atom. The predicted octanol–water partition coefficient (Wildman–Crippen LogP) is 3.44. The van der Waals surface area contributed by atoms with Crippen molar-refractivity contribution in [3.8, 4) is 0 Å². The highest BCUT2D eigenvalue weighted by atomic mass is 16.5. The molecule has 0 amide bonds. The molecule has 0 rings (SSSR count). The zero-order valence-electron chi connectivity index (χ0n) is 12.2. The van der Waals surface area contributed by atoms with Gasteiger partial charge in [-0.25, -0.2) is 0 Å². The SMILES string of the molecule is C=COC(=O)C(C)(C)C.C=COC(=O)C(C)(C)C. The summed E-state index contributed by atoms with van der Waals surface area (Å²) in [6.45, 7) is 17.3. The van der Waals surface area contributed by atoms with E-state index in [4.69, 9.17) is 0 Å². The van der Waals surface area contributed by atoms with Gasteiger partial charge >= 0.3 is 11.9 Å². The molecule has 18 heavy (non-hydrogen) atoms. The summed E-state index contributed by atoms with van der Waals surface area (Å²) in [5.74, 6) is -0.505. The van der Waals surface area contributed by atoms with Gasteiger partial charge in [0.2, 0.25) is 0 Å². The van der Waals surface area contributed by atoms with Gasteiger partial charge in [-0.1, -0.05) is 13.2 Å². The van der Waals surface area contributed by atoms with Crippen molar-refractivity contribution in [2.24, 2.45) is 10.8 Å². The summed E-state index contributed by atoms with van der Waals surface area (Å²) >= 11 is 0. The van der Waals surface area contributed by atoms with Gasteiger partial charge in [-0.15, -0.1) is 0 Å². The largest absolute Gasteiger partial charge is 0.435 e. The van der Waals surface area contributed by atoms with Crippen LogP contribution in [0.2, 0.25) is 0 Å². The fourth-order valence-corrected chi connectivity index (χ4v) is 0.505. The summed E-state index contributed by atoms with van der Waals surface area (Å²) in [4.78, 5) is 21.5. The first kappa shape index (κ1) is 18.8. The lowest BCUT2D eigenvalue weighted by Gasteiger charge is -2.13. The summed E-state index contributed by atoms with van der Waals surface area (Å²) in [6.07, 6.45) is 2.29. The zero-order chi connectivity index (χ0) is 15.0. The molecule has 0 aromatic rings. The van der Waals surface area contributed by atoms with E-state index in [9.17, 15) is 9.59 Å². The standard InChI is InChI=1S/2C7H12O2/c2*1-5-9-6(8)7(2,3)4/h2*5H,1H2,2-4H3. The molecule has 0 atom stereocenters. The number of carbonyl (C=O) groups is 2. The normalized spacial score (nSPS) is 10.6. The minimum Gasteiger partial charge on any atom is -0.435 e. The number of hydrogen-bond donors (Lipinski definition) is 0. The molecule has 0 unspecified atom stereocenters. The molecule has 0 saturated heterocycles. The molecule has 4 nitrogen and oxygen atoms in total. The molecule has 0 aliphatic rings. The number of esters is 2. The number of carbonyl (C=O) groups excluding carboxylic acids is 2. The van der Waals surface area contributed by atoms with Gasteiger partial charge in [0.15, 0.2) is 0 Å². The van der Waals surface area contributed by atoms with Crippen LogP contribution in [-0.4, -0.2) is 11.9 Å². The van der Waals surface area contributed by atoms with Crippen LogP contribution >= 0.6 is 0 Å². The van der Waals surface area contributed by atoms with Gasteiger partial charge in [0.05, 0.1) is 23.4 Å². The van der Waals surface area contributed by atoms with E-state index >= 15 is 0 Å². The monoisotopic (exact) mass is 256 g/mol. The fourth-order valence-electron chi connectivity index (χ4n) is 0.505. The Hall–Kier alpha value is -1.58. The third-order valence-electron chi connectivity index (χ3n) is 1.61. The van der Waals surface area contributed by atoms with Crippen LogP contribution in [0.25, 0.3) is 0 Å². The lowest BCUT2D eigenvalue weighted by atomic mass is 9.97. The lowest BCUT2D eigenvalue weighted by molar-refractivity contribution is -0.147. The lowest BCUT2D eigenvalue weighted by Crippen LogP contribution is -2.20. The van der Waals surface area contributed by atoms with Gasteiger partial charge < -0.3 is 9.47 Å². The maximum Gasteiger partial charge on any atom is 0.316 e. The smallest absolute Gasteiger partial charge is 0.316 e. The van der Waals surface area contributed by atoms with Crippen LogP contribution in [0.1, 0.15) is 41.5 Å². The Morgan fingerprint density at radius 1 is 0.778 bits per heavy atom. The van der Waals surface area contributed by atoms with Crippen LogP contribution in [0.3, 0.4) is 0 Å². The average Bonchev–Trinajstić information content (AvgIpc) is 2.16. The van der Waals surface area contributed by atoms with E-state index in [2.05, 4.69) is 22.6 Å². The molecule has 0 radical (unpaired) electrons. The quantitative estimate of drug-likeness (QED) is 0.561. The van der Waals surface area contributed by atoms with Gasteiger partial charge in [-0.2, -0.15) is 0 Å². The Kier molecular flexibility index (Phi) is 8.02. The van der Waals surface area contributed by atoms with Crippen molar-refractivity contribution in [2.75, 3.05) is 0 Å². The molecule has 0 aliphatic heterocycles. The second-order valence-corrected chi connectivity index (χ2v) is 5.64. The third-order valence-corrected chi connectivity index (χ3v) is 1.61. The van der Waals surface area contributed by atoms with Crippen LogP contribution in [0.15, 0.2) is 25.7 Å². The van der Waals surface area contributed by atoms with Crippen molar-refractivity contribution in [3.05, 3.63) is 25.7 Å². The number of ether oxygens (including phenoxy) is 2. The third kappa shape index (κ3) is 9.63. The second-order valence-electron chi connectivity index (χ2n) is 5.64. The van der Waals surface area contributed by atoms with Gasteiger partial charge in [-0.05, 0) is 41.5 Å². The van der Waals surface area contributed by atoms with E-state index in [-0.39, 0.29) is 11.9 Å². The fraction of sp³-hybridized carbons (Fsp3) is 0.571. The summed E-state index contributed by atoms with van der Waals surface area (Å²) in [5.41, 5.74) is -0.845. The Bertz CT molecular complexity index is 271. The van der Waals surface area contributed by atoms with Gasteiger partial charge in [0.25, 0.3) is 0 Å². The van der Waals surface area contributed by atoms with Crippen molar-refractivity contribution >= 4 is 11.9 Å². The summed E-state index contributed by atoms with van der Waals surface area (Å²) < 4.78 is 9.06. The Labute approximate surface area is 110 Å². The maximum absolute atomic E-state index is 10.8. The first-order valence-electron chi connectivity index (χ1n) is 5.60. The molecule has 4 heteroatoms. The van der Waals surface area contributed by atoms with Crippen LogP contribution in [0.5, 0.6) is 0 Å². The number of rotatable bonds is 2. The molecule has 0 heterocycles. The highest BCUT2D eigenvalue weighted by molar-refractivity contribution is 5.76. The van der Waals surface area contributed by atoms with Crippen molar-refractivity contribution in [1.82, 2.24) is 0 Å². The molecular weight excluding hydrogens is 232 g/mol. The molecule has 0 aliphatic carbocycles. The predicted molar refractivity (Wildman–Crippen MR) is 71.5 cm³/mol. The van der Waals surface area contributed by atoms with Gasteiger partial charge in [0.1, 0.15) is 0 Å². The summed E-state index contributed by atoms with van der Waals surface area (Å²) in [7, 11) is 0. The maximum atomic E-state index is 10.8. The molecule has 0 bridgehead atoms. The molecule has 0 aromatic carbocycles. The van der Waals surface area contributed by atoms with E-state index in [0.717, 1.165) is 12.5 Å². The van der Waals surface area contributed by atoms with Crippen LogP contribution < -0.4 is 0 Å². The first-order chi connectivity index (χ1) is 7.96. The van der Waals surface area contributed by atoms with Crippen LogP contribution in [-0.2, 0) is 19.1 Å². The van der Waals surface area contributed by atoms with Crippen molar-refractivity contribution in [1.29, 1.82) is 0 Å². The molecule has 0 aromatic heterocycles. The van der Waals surface area contributed by atoms with E-state index in [1.165, 1.54) is 0 Å². The first-order valence-corrected chi connectivity index (χ1v) is 5.60. The molecule has 0 N–H and O–H groups in total. The van der Waals surface area contributed by atoms with Crippen LogP contribution in [0, 0.1) is 10.8 Å². The van der Waals surface area contributed by atoms with E-state index in [0.29, 0.717) is 0 Å². The molecule has 0 spiro atoms. The minimum atomic E-state index is -0.422. The Morgan fingerprint density at radius 2 is 1.00 bits per heavy atom. The molecule has 104 valence electrons. The van der Waals surface area contributed by atoms with E-state index < -0.39 is 10.8 Å². The zero-order valence-corrected chi connectivity index (χ0v) is 12.2. The van der Waals surface area contributed by atoms with Gasteiger partial charge in [-0.3, -0.25) is 9.59 Å². The van der Waals surface area contributed by atoms with Gasteiger partial charge in [0, 0.05) is 0 Å². The number of hydrogen-bond acceptors (Lipinski definition) is 4. The van der Waals surface area contributed by atoms with Crippen molar-refractivity contribution < 1.29 is 19.1 Å². The van der Waals surface area contributed by atoms with Crippen molar-refractivity contribution in [3.63, 3.8) is 0 Å². The Balaban J connectivity index is 0. The van der Waals surface area contributed by atoms with E-state index in [1.807, 2.05) is 0 Å². The highest BCUT2D eigenvalue weighted by Gasteiger charge is 2.22. The van der Waals surface area contributed by atoms with Crippen molar-refractivity contribution in [2.45, 2.75) is 41.5 Å².